The maximum atomic E-state index is 12.0. The first kappa shape index (κ1) is 23.1. The number of likely N-dealkylation sites (tertiary alicyclic amines) is 1. The topological polar surface area (TPSA) is 84.6 Å². The molecule has 2 atom stereocenters. The average molecular weight is 512 g/mol. The lowest BCUT2D eigenvalue weighted by Gasteiger charge is -2.21. The summed E-state index contributed by atoms with van der Waals surface area (Å²) in [6, 6.07) is 8.32. The van der Waals surface area contributed by atoms with E-state index in [1.165, 1.54) is 13.4 Å². The molecule has 8 nitrogen and oxygen atoms in total. The third kappa shape index (κ3) is 6.15. The molecule has 1 aliphatic rings. The van der Waals surface area contributed by atoms with E-state index in [9.17, 15) is 4.79 Å². The summed E-state index contributed by atoms with van der Waals surface area (Å²) in [4.78, 5) is 22.9. The third-order valence-electron chi connectivity index (χ3n) is 4.96. The van der Waals surface area contributed by atoms with Crippen LogP contribution in [0, 0.1) is 11.8 Å². The maximum Gasteiger partial charge on any atom is 0.310 e. The molecule has 158 valence electrons. The highest BCUT2D eigenvalue weighted by atomic mass is 127. The fourth-order valence-electron chi connectivity index (χ4n) is 3.52. The van der Waals surface area contributed by atoms with Crippen molar-refractivity contribution < 1.29 is 9.53 Å². The van der Waals surface area contributed by atoms with Crippen LogP contribution >= 0.6 is 24.0 Å². The molecular formula is C20H29IN6O2. The summed E-state index contributed by atoms with van der Waals surface area (Å²) in [5.41, 5.74) is 2.29. The van der Waals surface area contributed by atoms with Crippen LogP contribution in [-0.4, -0.2) is 58.3 Å². The smallest absolute Gasteiger partial charge is 0.310 e. The fourth-order valence-corrected chi connectivity index (χ4v) is 3.52. The molecule has 2 unspecified atom stereocenters. The zero-order valence-electron chi connectivity index (χ0n) is 17.1. The average Bonchev–Trinajstić information content (AvgIpc) is 3.34. The lowest BCUT2D eigenvalue weighted by molar-refractivity contribution is -0.145. The van der Waals surface area contributed by atoms with Gasteiger partial charge in [0.1, 0.15) is 12.7 Å². The molecule has 0 radical (unpaired) electrons. The number of nitrogens with one attached hydrogen (secondary N) is 1. The van der Waals surface area contributed by atoms with Crippen LogP contribution in [0.25, 0.3) is 0 Å². The fraction of sp³-hybridized carbons (Fsp3) is 0.500. The second-order valence-electron chi connectivity index (χ2n) is 7.10. The van der Waals surface area contributed by atoms with Gasteiger partial charge in [-0.1, -0.05) is 31.2 Å². The van der Waals surface area contributed by atoms with Gasteiger partial charge in [0.25, 0.3) is 0 Å². The van der Waals surface area contributed by atoms with Gasteiger partial charge in [0.2, 0.25) is 0 Å². The van der Waals surface area contributed by atoms with Gasteiger partial charge in [0.15, 0.2) is 5.96 Å². The number of methoxy groups -OCH3 is 1. The molecule has 2 aromatic rings. The second kappa shape index (κ2) is 11.1. The number of nitrogens with zero attached hydrogens (tertiary/aromatic N) is 5. The zero-order chi connectivity index (χ0) is 19.9. The van der Waals surface area contributed by atoms with Crippen molar-refractivity contribution in [3.63, 3.8) is 0 Å². The minimum absolute atomic E-state index is 0. The van der Waals surface area contributed by atoms with Gasteiger partial charge in [-0.2, -0.15) is 5.10 Å². The van der Waals surface area contributed by atoms with Crippen LogP contribution in [0.2, 0.25) is 0 Å². The van der Waals surface area contributed by atoms with Crippen LogP contribution in [0.3, 0.4) is 0 Å². The van der Waals surface area contributed by atoms with Gasteiger partial charge in [0.05, 0.1) is 26.1 Å². The Morgan fingerprint density at radius 1 is 1.34 bits per heavy atom. The highest BCUT2D eigenvalue weighted by molar-refractivity contribution is 14.0. The van der Waals surface area contributed by atoms with Crippen LogP contribution in [0.1, 0.15) is 25.0 Å². The van der Waals surface area contributed by atoms with Gasteiger partial charge in [0, 0.05) is 19.6 Å². The summed E-state index contributed by atoms with van der Waals surface area (Å²) in [5, 5.41) is 7.50. The first-order chi connectivity index (χ1) is 13.6. The molecular weight excluding hydrogens is 483 g/mol. The molecule has 2 heterocycles. The Morgan fingerprint density at radius 3 is 2.83 bits per heavy atom. The number of guanidine groups is 1. The number of carbonyl (C=O) groups is 1. The van der Waals surface area contributed by atoms with Crippen molar-refractivity contribution in [2.75, 3.05) is 26.7 Å². The van der Waals surface area contributed by atoms with Gasteiger partial charge in [-0.05, 0) is 24.0 Å². The monoisotopic (exact) mass is 512 g/mol. The molecule has 3 rings (SSSR count). The minimum atomic E-state index is -0.147. The Balaban J connectivity index is 0.00000300. The lowest BCUT2D eigenvalue weighted by Crippen LogP contribution is -2.40. The second-order valence-corrected chi connectivity index (χ2v) is 7.10. The number of esters is 1. The number of aromatic nitrogens is 3. The number of aliphatic imine (C=N–C) groups is 1. The van der Waals surface area contributed by atoms with E-state index in [0.29, 0.717) is 19.6 Å². The molecule has 29 heavy (non-hydrogen) atoms. The van der Waals surface area contributed by atoms with Gasteiger partial charge in [-0.25, -0.2) is 14.7 Å². The molecule has 1 aliphatic heterocycles. The predicted octanol–water partition coefficient (Wildman–Crippen LogP) is 2.15. The number of rotatable bonds is 6. The number of hydrogen-bond acceptors (Lipinski definition) is 5. The van der Waals surface area contributed by atoms with Crippen LogP contribution in [0.5, 0.6) is 0 Å². The normalized spacial score (nSPS) is 19.0. The molecule has 1 N–H and O–H groups in total. The van der Waals surface area contributed by atoms with Gasteiger partial charge < -0.3 is 15.0 Å². The Hall–Kier alpha value is -2.17. The van der Waals surface area contributed by atoms with E-state index < -0.39 is 0 Å². The van der Waals surface area contributed by atoms with Crippen LogP contribution in [-0.2, 0) is 22.6 Å². The molecule has 0 bridgehead atoms. The van der Waals surface area contributed by atoms with Gasteiger partial charge >= 0.3 is 5.97 Å². The summed E-state index contributed by atoms with van der Waals surface area (Å²) in [6.07, 6.45) is 3.25. The SMILES string of the molecule is CCNC(=NCc1cccc(Cn2cncn2)c1)N1CC(C)C(C(=O)OC)C1.I. The van der Waals surface area contributed by atoms with E-state index in [0.717, 1.165) is 30.2 Å². The Morgan fingerprint density at radius 2 is 2.14 bits per heavy atom. The molecule has 0 spiro atoms. The van der Waals surface area contributed by atoms with Crippen molar-refractivity contribution in [2.24, 2.45) is 16.8 Å². The van der Waals surface area contributed by atoms with Gasteiger partial charge in [-0.15, -0.1) is 24.0 Å². The van der Waals surface area contributed by atoms with Crippen molar-refractivity contribution >= 4 is 35.9 Å². The van der Waals surface area contributed by atoms with E-state index in [2.05, 4.69) is 45.4 Å². The largest absolute Gasteiger partial charge is 0.469 e. The predicted molar refractivity (Wildman–Crippen MR) is 122 cm³/mol. The molecule has 0 saturated carbocycles. The highest BCUT2D eigenvalue weighted by Crippen LogP contribution is 2.24. The zero-order valence-corrected chi connectivity index (χ0v) is 19.4. The van der Waals surface area contributed by atoms with Crippen molar-refractivity contribution in [3.8, 4) is 0 Å². The standard InChI is InChI=1S/C20H28N6O2.HI/c1-4-22-20(25-10-15(2)18(12-25)19(27)28-3)23-9-16-6-5-7-17(8-16)11-26-14-21-13-24-26;/h5-8,13-15,18H,4,9-12H2,1-3H3,(H,22,23);1H. The first-order valence-electron chi connectivity index (χ1n) is 9.62. The quantitative estimate of drug-likeness (QED) is 0.277. The number of carbonyl (C=O) groups excluding carboxylic acids is 1. The Bertz CT molecular complexity index is 811. The van der Waals surface area contributed by atoms with Crippen molar-refractivity contribution in [3.05, 3.63) is 48.0 Å². The highest BCUT2D eigenvalue weighted by Gasteiger charge is 2.36. The van der Waals surface area contributed by atoms with Crippen molar-refractivity contribution in [2.45, 2.75) is 26.9 Å². The Kier molecular flexibility index (Phi) is 8.87. The molecule has 1 aromatic carbocycles. The van der Waals surface area contributed by atoms with Crippen molar-refractivity contribution in [1.29, 1.82) is 0 Å². The molecule has 0 aliphatic carbocycles. The van der Waals surface area contributed by atoms with E-state index in [-0.39, 0.29) is 41.8 Å². The summed E-state index contributed by atoms with van der Waals surface area (Å²) in [7, 11) is 1.45. The van der Waals surface area contributed by atoms with E-state index >= 15 is 0 Å². The third-order valence-corrected chi connectivity index (χ3v) is 4.96. The summed E-state index contributed by atoms with van der Waals surface area (Å²) in [6.45, 7) is 7.58. The molecule has 9 heteroatoms. The number of halogens is 1. The summed E-state index contributed by atoms with van der Waals surface area (Å²) < 4.78 is 6.74. The first-order valence-corrected chi connectivity index (χ1v) is 9.62. The van der Waals surface area contributed by atoms with Crippen LogP contribution < -0.4 is 5.32 Å². The summed E-state index contributed by atoms with van der Waals surface area (Å²) in [5.74, 6) is 0.816. The maximum absolute atomic E-state index is 12.0. The van der Waals surface area contributed by atoms with E-state index in [1.807, 2.05) is 13.0 Å². The van der Waals surface area contributed by atoms with Crippen LogP contribution in [0.15, 0.2) is 41.9 Å². The molecule has 1 fully saturated rings. The molecule has 1 saturated heterocycles. The van der Waals surface area contributed by atoms with Crippen LogP contribution in [0.4, 0.5) is 0 Å². The van der Waals surface area contributed by atoms with Crippen molar-refractivity contribution in [1.82, 2.24) is 25.0 Å². The lowest BCUT2D eigenvalue weighted by atomic mass is 9.99. The van der Waals surface area contributed by atoms with E-state index in [1.54, 1.807) is 11.0 Å². The molecule has 0 amide bonds. The number of ether oxygens (including phenoxy) is 1. The van der Waals surface area contributed by atoms with Gasteiger partial charge in [-0.3, -0.25) is 4.79 Å². The number of benzene rings is 1. The Labute approximate surface area is 188 Å². The minimum Gasteiger partial charge on any atom is -0.469 e. The summed E-state index contributed by atoms with van der Waals surface area (Å²) >= 11 is 0. The molecule has 1 aromatic heterocycles. The van der Waals surface area contributed by atoms with E-state index in [4.69, 9.17) is 9.73 Å². The number of hydrogen-bond donors (Lipinski definition) is 1.